The van der Waals surface area contributed by atoms with E-state index >= 15 is 0 Å². The van der Waals surface area contributed by atoms with E-state index < -0.39 is 5.60 Å². The fraction of sp³-hybridized carbons (Fsp3) is 0.357. The first-order chi connectivity index (χ1) is 8.30. The molecule has 2 heterocycles. The zero-order valence-corrected chi connectivity index (χ0v) is 12.1. The van der Waals surface area contributed by atoms with Crippen LogP contribution in [0, 0.1) is 0 Å². The van der Waals surface area contributed by atoms with E-state index in [1.165, 1.54) is 0 Å². The minimum absolute atomic E-state index is 0. The largest absolute Gasteiger partial charge is 0.385 e. The number of hydrogen-bond donors (Lipinski definition) is 2. The number of hydrogen-bond acceptors (Lipinski definition) is 3. The topological polar surface area (TPSA) is 45.2 Å². The van der Waals surface area contributed by atoms with Crippen LogP contribution in [0.25, 0.3) is 10.8 Å². The number of halogens is 2. The number of fused-ring (bicyclic) bond motifs is 1. The molecular weight excluding hydrogens is 283 g/mol. The molecule has 3 nitrogen and oxygen atoms in total. The Morgan fingerprint density at radius 2 is 1.84 bits per heavy atom. The zero-order chi connectivity index (χ0) is 11.7. The molecule has 1 aromatic heterocycles. The first-order valence-electron chi connectivity index (χ1n) is 6.06. The maximum atomic E-state index is 10.8. The van der Waals surface area contributed by atoms with E-state index in [9.17, 15) is 5.11 Å². The predicted octanol–water partition coefficient (Wildman–Crippen LogP) is 2.65. The molecule has 0 radical (unpaired) electrons. The standard InChI is InChI=1S/C14H16N2O.2ClH/c17-14(5-8-15-9-6-14)13-3-1-2-11-10-16-7-4-12(11)13;;/h1-4,7,10,15,17H,5-6,8-9H2;2*1H. The monoisotopic (exact) mass is 300 g/mol. The quantitative estimate of drug-likeness (QED) is 0.851. The van der Waals surface area contributed by atoms with Crippen molar-refractivity contribution < 1.29 is 5.11 Å². The Labute approximate surface area is 125 Å². The summed E-state index contributed by atoms with van der Waals surface area (Å²) in [5, 5.41) is 16.3. The van der Waals surface area contributed by atoms with Crippen molar-refractivity contribution in [2.24, 2.45) is 0 Å². The van der Waals surface area contributed by atoms with Crippen molar-refractivity contribution in [3.05, 3.63) is 42.2 Å². The zero-order valence-electron chi connectivity index (χ0n) is 10.5. The Morgan fingerprint density at radius 3 is 2.58 bits per heavy atom. The van der Waals surface area contributed by atoms with Gasteiger partial charge in [-0.2, -0.15) is 0 Å². The number of benzene rings is 1. The summed E-state index contributed by atoms with van der Waals surface area (Å²) < 4.78 is 0. The van der Waals surface area contributed by atoms with Gasteiger partial charge in [0.05, 0.1) is 5.60 Å². The summed E-state index contributed by atoms with van der Waals surface area (Å²) in [6, 6.07) is 8.06. The third-order valence-corrected chi connectivity index (χ3v) is 3.61. The summed E-state index contributed by atoms with van der Waals surface area (Å²) in [5.74, 6) is 0. The molecule has 0 unspecified atom stereocenters. The highest BCUT2D eigenvalue weighted by molar-refractivity contribution is 5.86. The molecule has 3 rings (SSSR count). The molecule has 1 aliphatic heterocycles. The van der Waals surface area contributed by atoms with Gasteiger partial charge >= 0.3 is 0 Å². The first-order valence-corrected chi connectivity index (χ1v) is 6.06. The summed E-state index contributed by atoms with van der Waals surface area (Å²) in [7, 11) is 0. The van der Waals surface area contributed by atoms with Gasteiger partial charge in [-0.1, -0.05) is 18.2 Å². The lowest BCUT2D eigenvalue weighted by Crippen LogP contribution is -2.39. The maximum Gasteiger partial charge on any atom is 0.0926 e. The van der Waals surface area contributed by atoms with Crippen molar-refractivity contribution in [3.63, 3.8) is 0 Å². The average Bonchev–Trinajstić information content (AvgIpc) is 2.39. The van der Waals surface area contributed by atoms with Crippen molar-refractivity contribution in [2.45, 2.75) is 18.4 Å². The Morgan fingerprint density at radius 1 is 1.11 bits per heavy atom. The molecule has 2 aromatic rings. The van der Waals surface area contributed by atoms with Crippen molar-refractivity contribution >= 4 is 35.6 Å². The molecule has 5 heteroatoms. The Bertz CT molecular complexity index is 536. The lowest BCUT2D eigenvalue weighted by Gasteiger charge is -2.33. The number of nitrogens with one attached hydrogen (secondary N) is 1. The van der Waals surface area contributed by atoms with E-state index in [4.69, 9.17) is 0 Å². The molecule has 0 atom stereocenters. The highest BCUT2D eigenvalue weighted by atomic mass is 35.5. The Kier molecular flexibility index (Phi) is 5.56. The third-order valence-electron chi connectivity index (χ3n) is 3.61. The number of nitrogens with zero attached hydrogens (tertiary/aromatic N) is 1. The maximum absolute atomic E-state index is 10.8. The minimum Gasteiger partial charge on any atom is -0.385 e. The van der Waals surface area contributed by atoms with Gasteiger partial charge in [0.25, 0.3) is 0 Å². The number of piperidine rings is 1. The van der Waals surface area contributed by atoms with Crippen molar-refractivity contribution in [1.29, 1.82) is 0 Å². The summed E-state index contributed by atoms with van der Waals surface area (Å²) >= 11 is 0. The van der Waals surface area contributed by atoms with Crippen LogP contribution in [0.1, 0.15) is 18.4 Å². The van der Waals surface area contributed by atoms with Crippen LogP contribution in [0.4, 0.5) is 0 Å². The molecule has 0 amide bonds. The number of pyridine rings is 1. The molecule has 1 aliphatic rings. The van der Waals surface area contributed by atoms with Crippen molar-refractivity contribution in [2.75, 3.05) is 13.1 Å². The highest BCUT2D eigenvalue weighted by Gasteiger charge is 2.32. The van der Waals surface area contributed by atoms with Crippen LogP contribution >= 0.6 is 24.8 Å². The van der Waals surface area contributed by atoms with Gasteiger partial charge in [0.2, 0.25) is 0 Å². The van der Waals surface area contributed by atoms with Crippen molar-refractivity contribution in [3.8, 4) is 0 Å². The molecule has 0 bridgehead atoms. The van der Waals surface area contributed by atoms with Crippen LogP contribution in [0.5, 0.6) is 0 Å². The fourth-order valence-electron chi connectivity index (χ4n) is 2.64. The van der Waals surface area contributed by atoms with E-state index in [2.05, 4.69) is 10.3 Å². The fourth-order valence-corrected chi connectivity index (χ4v) is 2.64. The molecule has 0 saturated carbocycles. The molecule has 1 fully saturated rings. The van der Waals surface area contributed by atoms with E-state index in [-0.39, 0.29) is 24.8 Å². The number of rotatable bonds is 1. The van der Waals surface area contributed by atoms with Gasteiger partial charge in [0.1, 0.15) is 0 Å². The highest BCUT2D eigenvalue weighted by Crippen LogP contribution is 2.34. The van der Waals surface area contributed by atoms with Crippen LogP contribution < -0.4 is 5.32 Å². The molecule has 1 aromatic carbocycles. The first kappa shape index (κ1) is 16.2. The molecule has 1 saturated heterocycles. The van der Waals surface area contributed by atoms with E-state index in [0.29, 0.717) is 0 Å². The summed E-state index contributed by atoms with van der Waals surface area (Å²) in [4.78, 5) is 4.13. The van der Waals surface area contributed by atoms with Gasteiger partial charge in [-0.05, 0) is 42.9 Å². The molecule has 19 heavy (non-hydrogen) atoms. The lowest BCUT2D eigenvalue weighted by atomic mass is 9.83. The van der Waals surface area contributed by atoms with Gasteiger partial charge in [0, 0.05) is 17.8 Å². The molecule has 104 valence electrons. The second-order valence-corrected chi connectivity index (χ2v) is 4.68. The van der Waals surface area contributed by atoms with Crippen LogP contribution in [-0.4, -0.2) is 23.2 Å². The Hall–Kier alpha value is -0.870. The summed E-state index contributed by atoms with van der Waals surface area (Å²) in [6.07, 6.45) is 5.18. The molecule has 0 spiro atoms. The third kappa shape index (κ3) is 3.00. The van der Waals surface area contributed by atoms with Gasteiger partial charge in [0.15, 0.2) is 0 Å². The SMILES string of the molecule is Cl.Cl.OC1(c2cccc3cnccc23)CCNCC1. The molecule has 2 N–H and O–H groups in total. The van der Waals surface area contributed by atoms with Crippen LogP contribution in [0.3, 0.4) is 0 Å². The number of aliphatic hydroxyl groups is 1. The van der Waals surface area contributed by atoms with E-state index in [0.717, 1.165) is 42.3 Å². The second kappa shape index (κ2) is 6.53. The summed E-state index contributed by atoms with van der Waals surface area (Å²) in [6.45, 7) is 1.75. The predicted molar refractivity (Wildman–Crippen MR) is 82.2 cm³/mol. The molecular formula is C14H18Cl2N2O. The van der Waals surface area contributed by atoms with Gasteiger partial charge < -0.3 is 10.4 Å². The Balaban J connectivity index is 0.000000902. The summed E-state index contributed by atoms with van der Waals surface area (Å²) in [5.41, 5.74) is 0.352. The van der Waals surface area contributed by atoms with Gasteiger partial charge in [-0.3, -0.25) is 4.98 Å². The number of aromatic nitrogens is 1. The van der Waals surface area contributed by atoms with Crippen LogP contribution in [0.2, 0.25) is 0 Å². The van der Waals surface area contributed by atoms with Crippen LogP contribution in [-0.2, 0) is 5.60 Å². The molecule has 0 aliphatic carbocycles. The van der Waals surface area contributed by atoms with E-state index in [1.807, 2.05) is 30.5 Å². The van der Waals surface area contributed by atoms with Gasteiger partial charge in [-0.25, -0.2) is 0 Å². The van der Waals surface area contributed by atoms with E-state index in [1.54, 1.807) is 6.20 Å². The van der Waals surface area contributed by atoms with Crippen LogP contribution in [0.15, 0.2) is 36.7 Å². The normalized spacial score (nSPS) is 17.3. The average molecular weight is 301 g/mol. The van der Waals surface area contributed by atoms with Gasteiger partial charge in [-0.15, -0.1) is 24.8 Å². The minimum atomic E-state index is -0.688. The van der Waals surface area contributed by atoms with Crippen molar-refractivity contribution in [1.82, 2.24) is 10.3 Å². The second-order valence-electron chi connectivity index (χ2n) is 4.68. The smallest absolute Gasteiger partial charge is 0.0926 e. The lowest BCUT2D eigenvalue weighted by molar-refractivity contribution is 0.00734.